The van der Waals surface area contributed by atoms with Crippen LogP contribution in [-0.4, -0.2) is 44.9 Å². The molecule has 0 unspecified atom stereocenters. The maximum absolute atomic E-state index is 6.13. The van der Waals surface area contributed by atoms with Gasteiger partial charge in [0.2, 0.25) is 0 Å². The van der Waals surface area contributed by atoms with Gasteiger partial charge in [-0.25, -0.2) is 44.9 Å². The third-order valence-corrected chi connectivity index (χ3v) is 25.3. The first-order chi connectivity index (χ1) is 62.8. The van der Waals surface area contributed by atoms with Crippen LogP contribution >= 0.6 is 22.7 Å². The summed E-state index contributed by atoms with van der Waals surface area (Å²) in [6.07, 6.45) is 0. The van der Waals surface area contributed by atoms with Gasteiger partial charge in [-0.2, -0.15) is 0 Å². The molecule has 596 valence electrons. The Hall–Kier alpha value is -16.5. The van der Waals surface area contributed by atoms with Gasteiger partial charge in [0, 0.05) is 101 Å². The number of aromatic nitrogens is 9. The third-order valence-electron chi connectivity index (χ3n) is 23.1. The monoisotopic (exact) mass is 1660 g/mol. The van der Waals surface area contributed by atoms with Crippen molar-refractivity contribution in [3.8, 4) is 158 Å². The highest BCUT2D eigenvalue weighted by molar-refractivity contribution is 7.26. The maximum Gasteiger partial charge on any atom is 0.164 e. The molecule has 0 spiro atoms. The van der Waals surface area contributed by atoms with Crippen molar-refractivity contribution in [2.24, 2.45) is 0 Å². The van der Waals surface area contributed by atoms with Gasteiger partial charge < -0.3 is 4.42 Å². The Balaban J connectivity index is 0.000000113. The lowest BCUT2D eigenvalue weighted by molar-refractivity contribution is 0.669. The number of furan rings is 1. The predicted octanol–water partition coefficient (Wildman–Crippen LogP) is 30.7. The van der Waals surface area contributed by atoms with Crippen LogP contribution in [0.1, 0.15) is 0 Å². The summed E-state index contributed by atoms with van der Waals surface area (Å²) in [6, 6.07) is 153. The molecule has 0 aliphatic rings. The molecular weight excluding hydrogens is 1590 g/mol. The van der Waals surface area contributed by atoms with Crippen LogP contribution in [0.15, 0.2) is 447 Å². The summed E-state index contributed by atoms with van der Waals surface area (Å²) < 4.78 is 11.4. The summed E-state index contributed by atoms with van der Waals surface area (Å²) in [4.78, 5) is 44.4. The van der Waals surface area contributed by atoms with Crippen molar-refractivity contribution in [2.75, 3.05) is 0 Å². The number of para-hydroxylation sites is 1. The topological polar surface area (TPSA) is 129 Å². The van der Waals surface area contributed by atoms with Gasteiger partial charge in [-0.15, -0.1) is 22.7 Å². The number of benzene rings is 18. The van der Waals surface area contributed by atoms with E-state index in [1.165, 1.54) is 73.5 Å². The van der Waals surface area contributed by atoms with E-state index >= 15 is 0 Å². The third kappa shape index (κ3) is 16.0. The normalized spacial score (nSPS) is 11.3. The van der Waals surface area contributed by atoms with Crippen LogP contribution in [0.3, 0.4) is 0 Å². The predicted molar refractivity (Wildman–Crippen MR) is 526 cm³/mol. The summed E-state index contributed by atoms with van der Waals surface area (Å²) >= 11 is 3.68. The summed E-state index contributed by atoms with van der Waals surface area (Å²) in [6.45, 7) is 0. The second-order valence-electron chi connectivity index (χ2n) is 31.1. The Morgan fingerprint density at radius 3 is 0.740 bits per heavy atom. The molecule has 0 aliphatic heterocycles. The molecule has 127 heavy (non-hydrogen) atoms. The van der Waals surface area contributed by atoms with E-state index in [1.807, 2.05) is 138 Å². The van der Waals surface area contributed by atoms with Crippen LogP contribution in [0.5, 0.6) is 0 Å². The van der Waals surface area contributed by atoms with Crippen LogP contribution in [0.25, 0.3) is 231 Å². The first-order valence-corrected chi connectivity index (χ1v) is 43.8. The van der Waals surface area contributed by atoms with Crippen LogP contribution < -0.4 is 0 Å². The highest BCUT2D eigenvalue weighted by atomic mass is 32.1. The van der Waals surface area contributed by atoms with Crippen molar-refractivity contribution in [1.82, 2.24) is 44.9 Å². The molecule has 24 aromatic rings. The minimum absolute atomic E-state index is 0.610. The van der Waals surface area contributed by atoms with E-state index in [0.29, 0.717) is 52.4 Å². The van der Waals surface area contributed by atoms with E-state index in [1.54, 1.807) is 0 Å². The molecule has 24 rings (SSSR count). The van der Waals surface area contributed by atoms with Gasteiger partial charge in [-0.3, -0.25) is 0 Å². The zero-order valence-corrected chi connectivity index (χ0v) is 70.0. The maximum atomic E-state index is 6.13. The molecule has 0 N–H and O–H groups in total. The van der Waals surface area contributed by atoms with Crippen molar-refractivity contribution in [3.63, 3.8) is 0 Å². The molecule has 0 amide bonds. The largest absolute Gasteiger partial charge is 0.456 e. The molecule has 6 heterocycles. The number of rotatable bonds is 14. The Kier molecular flexibility index (Phi) is 20.6. The first kappa shape index (κ1) is 76.6. The van der Waals surface area contributed by atoms with Crippen molar-refractivity contribution in [3.05, 3.63) is 443 Å². The Morgan fingerprint density at radius 1 is 0.134 bits per heavy atom. The fourth-order valence-corrected chi connectivity index (χ4v) is 18.7. The Bertz CT molecular complexity index is 8140. The Labute approximate surface area is 740 Å². The highest BCUT2D eigenvalue weighted by Gasteiger charge is 2.20. The van der Waals surface area contributed by atoms with Crippen molar-refractivity contribution < 1.29 is 4.42 Å². The summed E-state index contributed by atoms with van der Waals surface area (Å²) in [5.74, 6) is 5.80. The smallest absolute Gasteiger partial charge is 0.164 e. The van der Waals surface area contributed by atoms with E-state index < -0.39 is 0 Å². The van der Waals surface area contributed by atoms with E-state index in [2.05, 4.69) is 328 Å². The lowest BCUT2D eigenvalue weighted by atomic mass is 10.0. The van der Waals surface area contributed by atoms with Gasteiger partial charge in [0.05, 0.1) is 0 Å². The average molecular weight is 1660 g/mol. The van der Waals surface area contributed by atoms with Crippen molar-refractivity contribution in [2.45, 2.75) is 0 Å². The van der Waals surface area contributed by atoms with E-state index in [0.717, 1.165) is 105 Å². The number of hydrogen-bond donors (Lipinski definition) is 0. The molecule has 0 radical (unpaired) electrons. The quantitative estimate of drug-likeness (QED) is 0.104. The minimum atomic E-state index is 0.610. The lowest BCUT2D eigenvalue weighted by Crippen LogP contribution is -2.00. The van der Waals surface area contributed by atoms with E-state index in [9.17, 15) is 0 Å². The van der Waals surface area contributed by atoms with Gasteiger partial charge in [0.25, 0.3) is 0 Å². The molecule has 0 bridgehead atoms. The van der Waals surface area contributed by atoms with Crippen molar-refractivity contribution in [1.29, 1.82) is 0 Å². The first-order valence-electron chi connectivity index (χ1n) is 42.2. The molecule has 0 fully saturated rings. The van der Waals surface area contributed by atoms with Gasteiger partial charge in [-0.05, 0) is 115 Å². The molecule has 12 heteroatoms. The molecule has 0 saturated heterocycles. The van der Waals surface area contributed by atoms with Crippen LogP contribution in [0, 0.1) is 0 Å². The summed E-state index contributed by atoms with van der Waals surface area (Å²) in [5, 5.41) is 9.77. The fraction of sp³-hybridized carbons (Fsp3) is 0. The summed E-state index contributed by atoms with van der Waals surface area (Å²) in [7, 11) is 0. The highest BCUT2D eigenvalue weighted by Crippen LogP contribution is 2.41. The molecule has 0 saturated carbocycles. The molecule has 10 nitrogen and oxygen atoms in total. The minimum Gasteiger partial charge on any atom is -0.456 e. The van der Waals surface area contributed by atoms with Crippen LogP contribution in [0.4, 0.5) is 0 Å². The SMILES string of the molecule is c1ccc(-c2ccc(-c3nc(-c4ccc(-c5ccc6c(c5)sc5ccccc56)cc4)nc(-c4ccc5ccccc5c4)n3)cc2)cc1.c1ccc(-c2ccc(-c3nc(-c4ccccc4)nc(-c4ccc(-c5ccc6c(c5)sc5ccccc56)cc4)n3)cc2)cc1.c1ccc(-c2ccc(-c3nc(-c4ccccc4)nc(-c4ccc5c(c4)oc4ccccc45)n3)cc2)cc1. The second-order valence-corrected chi connectivity index (χ2v) is 33.3. The zero-order valence-electron chi connectivity index (χ0n) is 68.4. The van der Waals surface area contributed by atoms with Gasteiger partial charge in [-0.1, -0.05) is 394 Å². The number of fused-ring (bicyclic) bond motifs is 10. The molecule has 0 atom stereocenters. The molecular formula is C115H73N9OS2. The molecule has 0 aliphatic carbocycles. The van der Waals surface area contributed by atoms with Crippen LogP contribution in [-0.2, 0) is 0 Å². The second kappa shape index (κ2) is 34.1. The molecule has 18 aromatic carbocycles. The zero-order chi connectivity index (χ0) is 84.4. The van der Waals surface area contributed by atoms with E-state index in [4.69, 9.17) is 49.3 Å². The molecule has 6 aromatic heterocycles. The number of hydrogen-bond acceptors (Lipinski definition) is 12. The number of nitrogens with zero attached hydrogens (tertiary/aromatic N) is 9. The lowest BCUT2D eigenvalue weighted by Gasteiger charge is -2.10. The van der Waals surface area contributed by atoms with E-state index in [-0.39, 0.29) is 0 Å². The van der Waals surface area contributed by atoms with Gasteiger partial charge in [0.1, 0.15) is 11.2 Å². The fourth-order valence-electron chi connectivity index (χ4n) is 16.4. The van der Waals surface area contributed by atoms with Gasteiger partial charge >= 0.3 is 0 Å². The standard InChI is InChI=1S/C43H27N3S.C39H25N3S.C33H21N3O/c1-2-8-28(9-3-1)30-14-19-32(20-15-30)41-44-42(46-43(45-41)36-23-18-29-10-4-5-11-34(29)26-36)33-21-16-31(17-22-33)35-24-25-38-37-12-6-7-13-39(37)47-40(38)27-35;1-3-9-26(10-4-1)27-15-19-30(20-16-27)38-40-37(29-11-5-2-6-12-29)41-39(42-38)31-21-17-28(18-22-31)32-23-24-34-33-13-7-8-14-35(33)43-36(34)25-32;1-3-9-22(10-4-1)23-15-17-25(18-16-23)32-34-31(24-11-5-2-6-12-24)35-33(36-32)26-19-20-28-27-13-7-8-14-29(27)37-30(28)21-26/h1-27H;1-25H;1-21H. The number of thiophene rings is 2. The average Bonchev–Trinajstić information content (AvgIpc) is 1.73. The Morgan fingerprint density at radius 2 is 0.362 bits per heavy atom. The van der Waals surface area contributed by atoms with Crippen LogP contribution in [0.2, 0.25) is 0 Å². The van der Waals surface area contributed by atoms with Gasteiger partial charge in [0.15, 0.2) is 52.4 Å². The van der Waals surface area contributed by atoms with Crippen molar-refractivity contribution >= 4 is 95.7 Å². The summed E-state index contributed by atoms with van der Waals surface area (Å²) in [5.41, 5.74) is 21.9.